The third kappa shape index (κ3) is 13.8. The van der Waals surface area contributed by atoms with Gasteiger partial charge in [-0.1, -0.05) is 0 Å². The molecule has 0 spiro atoms. The Balaban J connectivity index is 0.000000177. The maximum absolute atomic E-state index is 15.4. The van der Waals surface area contributed by atoms with Crippen LogP contribution in [-0.2, 0) is 9.47 Å². The van der Waals surface area contributed by atoms with E-state index in [9.17, 15) is 105 Å². The first-order valence-corrected chi connectivity index (χ1v) is 40.6. The molecule has 0 N–H and O–H groups in total. The van der Waals surface area contributed by atoms with Gasteiger partial charge in [0, 0.05) is 25.7 Å². The van der Waals surface area contributed by atoms with Crippen LogP contribution in [0.4, 0.5) is 176 Å². The van der Waals surface area contributed by atoms with E-state index in [0.29, 0.717) is 0 Å². The van der Waals surface area contributed by atoms with Crippen molar-refractivity contribution in [2.75, 3.05) is 78.8 Å². The molecule has 660 valence electrons. The monoisotopic (exact) mass is 1840 g/mol. The Morgan fingerprint density at radius 1 is 0.189 bits per heavy atom. The van der Waals surface area contributed by atoms with Crippen LogP contribution in [0, 0.1) is 233 Å². The van der Waals surface area contributed by atoms with Gasteiger partial charge in [-0.25, -0.2) is 176 Å². The van der Waals surface area contributed by atoms with Crippen molar-refractivity contribution in [1.82, 2.24) is 18.3 Å². The Morgan fingerprint density at radius 3 is 0.402 bits per heavy atom. The smallest absolute Gasteiger partial charge is 0.377 e. The van der Waals surface area contributed by atoms with Gasteiger partial charge in [-0.3, -0.25) is 27.4 Å². The van der Waals surface area contributed by atoms with Gasteiger partial charge in [-0.15, -0.1) is 43.7 Å². The third-order valence-electron chi connectivity index (χ3n) is 21.6. The molecule has 0 radical (unpaired) electrons. The summed E-state index contributed by atoms with van der Waals surface area (Å²) >= 11 is 0. The average Bonchev–Trinajstić information content (AvgIpc) is 0.679. The molecule has 14 rings (SSSR count). The van der Waals surface area contributed by atoms with E-state index in [-0.39, 0.29) is 0 Å². The van der Waals surface area contributed by atoms with Crippen molar-refractivity contribution in [2.24, 2.45) is 0 Å². The molecule has 6 aliphatic rings. The Labute approximate surface area is 658 Å². The van der Waals surface area contributed by atoms with Crippen LogP contribution < -0.4 is 43.7 Å². The van der Waals surface area contributed by atoms with Gasteiger partial charge in [0.2, 0.25) is 0 Å². The topological polar surface area (TPSA) is 37.4 Å². The van der Waals surface area contributed by atoms with Crippen LogP contribution in [0.5, 0.6) is 0 Å². The molecule has 6 aliphatic heterocycles. The van der Waals surface area contributed by atoms with Gasteiger partial charge in [-0.05, 0) is 26.2 Å². The molecule has 122 heavy (non-hydrogen) atoms. The summed E-state index contributed by atoms with van der Waals surface area (Å²) < 4.78 is 615. The summed E-state index contributed by atoms with van der Waals surface area (Å²) in [5.74, 6) is -140. The van der Waals surface area contributed by atoms with Crippen LogP contribution in [-0.4, -0.2) is 147 Å². The first kappa shape index (κ1) is 92.7. The van der Waals surface area contributed by atoms with Crippen LogP contribution in [0.3, 0.4) is 0 Å². The van der Waals surface area contributed by atoms with Crippen molar-refractivity contribution in [1.29, 1.82) is 0 Å². The molecular formula is C70H44B2F40N6O2Si2. The second-order valence-corrected chi connectivity index (χ2v) is 36.5. The van der Waals surface area contributed by atoms with Gasteiger partial charge in [0.05, 0.1) is 78.8 Å². The summed E-state index contributed by atoms with van der Waals surface area (Å²) in [7, 11) is -3.49. The van der Waals surface area contributed by atoms with Crippen LogP contribution in [0.25, 0.3) is 0 Å². The minimum absolute atomic E-state index is 0.778. The van der Waals surface area contributed by atoms with Crippen molar-refractivity contribution in [3.8, 4) is 0 Å². The maximum atomic E-state index is 15.4. The fraction of sp³-hybridized carbons (Fsp3) is 0.286. The molecule has 6 heterocycles. The van der Waals surface area contributed by atoms with Crippen LogP contribution in [0.2, 0.25) is 26.2 Å². The van der Waals surface area contributed by atoms with Crippen molar-refractivity contribution >= 4 is 84.7 Å². The highest BCUT2D eigenvalue weighted by Crippen LogP contribution is 2.38. The molecule has 8 aromatic carbocycles. The summed E-state index contributed by atoms with van der Waals surface area (Å²) in [6.45, 7) is 23.6. The van der Waals surface area contributed by atoms with E-state index in [1.165, 1.54) is 78.0 Å². The number of benzene rings is 8. The molecule has 8 nitrogen and oxygen atoms in total. The van der Waals surface area contributed by atoms with Gasteiger partial charge in [0.25, 0.3) is 0 Å². The zero-order chi connectivity index (χ0) is 91.1. The van der Waals surface area contributed by atoms with Crippen molar-refractivity contribution < 1.29 is 194 Å². The van der Waals surface area contributed by atoms with E-state index in [2.05, 4.69) is 53.6 Å². The average molecular weight is 1840 g/mol. The molecule has 0 aromatic heterocycles. The van der Waals surface area contributed by atoms with Gasteiger partial charge in [0.15, 0.2) is 140 Å². The maximum Gasteiger partial charge on any atom is 0.404 e. The lowest BCUT2D eigenvalue weighted by molar-refractivity contribution is -0.550. The normalized spacial score (nSPS) is 16.4. The third-order valence-corrected chi connectivity index (χ3v) is 28.5. The highest BCUT2D eigenvalue weighted by atomic mass is 28.4. The fourth-order valence-electron chi connectivity index (χ4n) is 16.2. The van der Waals surface area contributed by atoms with Gasteiger partial charge >= 0.3 is 28.7 Å². The SMILES string of the molecule is C1COCCO1.C[Si]1(C)N2CCC[N+]3=C2N(CCC3)[Si](C)(C)N2CCC[N+]3=C2N1CCC3.Fc1c(F)c(F)c([B-](c2c(F)c(F)c(F)c(F)c2F)(c2c(F)c(F)c(F)c(F)c2F)c2c(F)c(F)c(F)c(F)c2F)c(F)c1F.Fc1c(F)c(F)c([B-](c2c(F)c(F)c(F)c(F)c2F)(c2c(F)c(F)c(F)c(F)c2F)c2c(F)c(F)c(F)c(F)c2F)c(F)c1F. The number of hydrogen-bond acceptors (Lipinski definition) is 6. The molecule has 0 unspecified atom stereocenters. The lowest BCUT2D eigenvalue weighted by atomic mass is 9.12. The van der Waals surface area contributed by atoms with Crippen molar-refractivity contribution in [3.05, 3.63) is 233 Å². The number of nitrogens with zero attached hydrogens (tertiary/aromatic N) is 6. The minimum Gasteiger partial charge on any atom is -0.377 e. The molecule has 0 amide bonds. The molecule has 8 aromatic rings. The second-order valence-electron chi connectivity index (χ2n) is 28.4. The summed E-state index contributed by atoms with van der Waals surface area (Å²) in [5, 5.41) is 0. The lowest BCUT2D eigenvalue weighted by Crippen LogP contribution is -2.83. The number of guanidine groups is 2. The van der Waals surface area contributed by atoms with Crippen LogP contribution >= 0.6 is 0 Å². The first-order chi connectivity index (χ1) is 56.8. The molecule has 0 aliphatic carbocycles. The molecule has 0 atom stereocenters. The summed E-state index contributed by atoms with van der Waals surface area (Å²) in [4.78, 5) is 0. The van der Waals surface area contributed by atoms with E-state index >= 15 is 70.2 Å². The number of hydrogen-bond donors (Lipinski definition) is 0. The summed E-state index contributed by atoms with van der Waals surface area (Å²) in [5.41, 5.74) is -28.7. The Morgan fingerprint density at radius 2 is 0.295 bits per heavy atom. The number of halogens is 40. The highest BCUT2D eigenvalue weighted by molar-refractivity contribution is 7.21. The van der Waals surface area contributed by atoms with E-state index in [1.807, 2.05) is 0 Å². The quantitative estimate of drug-likeness (QED) is 0.0496. The Bertz CT molecular complexity index is 4600. The predicted molar refractivity (Wildman–Crippen MR) is 350 cm³/mol. The molecule has 2 fully saturated rings. The Kier molecular flexibility index (Phi) is 25.5. The van der Waals surface area contributed by atoms with E-state index in [0.717, 1.165) is 26.4 Å². The molecular weight excluding hydrogens is 1790 g/mol. The standard InChI is InChI=1S/2C24BF20.C18H36N6Si2.C4H8O2/c2*26-5-1(6(27)14(35)21(42)13(5)34)25(2-7(28)15(36)22(43)16(37)8(2)29,3-9(30)17(38)23(44)18(39)10(3)31)4-11(32)19(40)24(45)20(41)12(4)33;1-25(2)21-13-5-9-19-11-7-15-23(17(19)21)26(3,4)24-16-8-12-20-10-6-14-22(25)18(20)24;1-2-6-4-3-5-1/h;;5-16H2,1-4H3;1-4H2/q2*-1;+2;. The molecule has 0 bridgehead atoms. The predicted octanol–water partition coefficient (Wildman–Crippen LogP) is 12.7. The van der Waals surface area contributed by atoms with Crippen LogP contribution in [0.15, 0.2) is 0 Å². The molecule has 2 saturated heterocycles. The van der Waals surface area contributed by atoms with Crippen molar-refractivity contribution in [3.63, 3.8) is 0 Å². The van der Waals surface area contributed by atoms with Gasteiger partial charge in [-0.2, -0.15) is 0 Å². The minimum atomic E-state index is -7.22. The second kappa shape index (κ2) is 33.6. The summed E-state index contributed by atoms with van der Waals surface area (Å²) in [6.07, 6.45) is -9.13. The highest BCUT2D eigenvalue weighted by Gasteiger charge is 2.65. The van der Waals surface area contributed by atoms with Gasteiger partial charge < -0.3 is 9.47 Å². The number of ether oxygens (including phenoxy) is 2. The fourth-order valence-corrected chi connectivity index (χ4v) is 22.8. The largest absolute Gasteiger partial charge is 0.404 e. The Hall–Kier alpha value is -10.0. The first-order valence-electron chi connectivity index (χ1n) is 34.8. The molecule has 0 saturated carbocycles. The van der Waals surface area contributed by atoms with Crippen molar-refractivity contribution in [2.45, 2.75) is 51.9 Å². The van der Waals surface area contributed by atoms with E-state index < -0.39 is 305 Å². The zero-order valence-corrected chi connectivity index (χ0v) is 63.1. The lowest BCUT2D eigenvalue weighted by Gasteiger charge is -2.54. The number of rotatable bonds is 8. The van der Waals surface area contributed by atoms with Crippen LogP contribution in [0.1, 0.15) is 25.7 Å². The summed E-state index contributed by atoms with van der Waals surface area (Å²) in [6, 6.07) is 0. The zero-order valence-electron chi connectivity index (χ0n) is 61.1. The van der Waals surface area contributed by atoms with E-state index in [1.54, 1.807) is 11.9 Å². The molecule has 52 heteroatoms. The van der Waals surface area contributed by atoms with E-state index in [4.69, 9.17) is 9.47 Å². The van der Waals surface area contributed by atoms with Gasteiger partial charge in [0.1, 0.15) is 105 Å².